The van der Waals surface area contributed by atoms with Crippen molar-refractivity contribution in [1.82, 2.24) is 0 Å². The zero-order chi connectivity index (χ0) is 39.4. The van der Waals surface area contributed by atoms with Crippen molar-refractivity contribution in [1.29, 1.82) is 0 Å². The molecule has 1 N–H and O–H groups in total. The molecule has 0 saturated heterocycles. The second-order valence-electron chi connectivity index (χ2n) is 16.1. The van der Waals surface area contributed by atoms with Crippen molar-refractivity contribution in [2.24, 2.45) is 22.7 Å². The summed E-state index contributed by atoms with van der Waals surface area (Å²) in [7, 11) is -3.28. The van der Waals surface area contributed by atoms with Gasteiger partial charge in [-0.15, -0.1) is 0 Å². The molecule has 0 radical (unpaired) electrons. The quantitative estimate of drug-likeness (QED) is 0.0928. The number of fused-ring (bicyclic) bond motifs is 2. The van der Waals surface area contributed by atoms with Crippen LogP contribution in [0, 0.1) is 22.7 Å². The van der Waals surface area contributed by atoms with Crippen LogP contribution in [0.15, 0.2) is 81.7 Å². The van der Waals surface area contributed by atoms with Crippen LogP contribution in [0.5, 0.6) is 11.5 Å². The van der Waals surface area contributed by atoms with Gasteiger partial charge in [-0.3, -0.25) is 8.98 Å². The zero-order valence-electron chi connectivity index (χ0n) is 32.9. The standard InChI is InChI=1S/C20H25BrO.C11H22O3S.C10H7BrO.CH2O3.Cs/c1-20(2,3)16-6-10-18(11-7-16)22-19-9-5-14-12-17(21)8-4-15(14)13-19;1-11(2,3)9-5-7-10(8-6-9)14-15(4,12)13;11-9-3-1-8-6-10(12)4-2-7(8)5-9;2-1-4-3;/h4-5,8-9,12-13,16,18H,6-7,10-11H2,1-3H3;9-10H,5-8H2,1-4H3;1-6,12H;1,3H;/q;;;;+1/p-1. The number of ether oxygens (including phenoxy) is 1. The Kier molecular flexibility index (Phi) is 21.1. The van der Waals surface area contributed by atoms with E-state index in [0.29, 0.717) is 28.6 Å². The topological polar surface area (TPSA) is 122 Å². The smallest absolute Gasteiger partial charge is 0.662 e. The molecule has 8 nitrogen and oxygen atoms in total. The summed E-state index contributed by atoms with van der Waals surface area (Å²) in [5, 5.41) is 22.3. The van der Waals surface area contributed by atoms with Gasteiger partial charge in [0, 0.05) is 8.95 Å². The van der Waals surface area contributed by atoms with Gasteiger partial charge in [-0.1, -0.05) is 97.7 Å². The molecule has 2 aliphatic rings. The van der Waals surface area contributed by atoms with Crippen molar-refractivity contribution in [2.45, 2.75) is 105 Å². The Labute approximate surface area is 398 Å². The van der Waals surface area contributed by atoms with E-state index in [1.165, 1.54) is 36.5 Å². The molecule has 4 aromatic carbocycles. The van der Waals surface area contributed by atoms with E-state index in [4.69, 9.17) is 19.0 Å². The van der Waals surface area contributed by atoms with Gasteiger partial charge < -0.3 is 20.0 Å². The molecule has 0 unspecified atom stereocenters. The zero-order valence-corrected chi connectivity index (χ0v) is 43.2. The van der Waals surface area contributed by atoms with Gasteiger partial charge in [0.2, 0.25) is 0 Å². The Hall–Kier alpha value is -0.648. The summed E-state index contributed by atoms with van der Waals surface area (Å²) in [6.07, 6.45) is 10.2. The minimum Gasteiger partial charge on any atom is -0.662 e. The maximum absolute atomic E-state index is 11.0. The molecule has 2 fully saturated rings. The SMILES string of the molecule is CC(C)(C)C1CCC(OS(C)(=O)=O)CC1.CC(C)(C)C1CCC(Oc2ccc3cc(Br)ccc3c2)CC1.O=CO[O-].Oc1ccc2cc(Br)ccc2c1.[Cs+]. The van der Waals surface area contributed by atoms with E-state index in [1.54, 1.807) is 12.1 Å². The molecule has 0 amide bonds. The van der Waals surface area contributed by atoms with Gasteiger partial charge >= 0.3 is 68.9 Å². The average molecular weight is 1010 g/mol. The first-order valence-electron chi connectivity index (χ1n) is 18.1. The van der Waals surface area contributed by atoms with E-state index in [0.717, 1.165) is 63.3 Å². The van der Waals surface area contributed by atoms with Crippen molar-refractivity contribution in [3.05, 3.63) is 81.7 Å². The number of hydrogen-bond donors (Lipinski definition) is 1. The number of halogens is 2. The summed E-state index contributed by atoms with van der Waals surface area (Å²) in [6, 6.07) is 24.1. The molecule has 12 heteroatoms. The van der Waals surface area contributed by atoms with Crippen LogP contribution in [0.4, 0.5) is 0 Å². The summed E-state index contributed by atoms with van der Waals surface area (Å²) in [5.41, 5.74) is 0.761. The fourth-order valence-corrected chi connectivity index (χ4v) is 8.43. The van der Waals surface area contributed by atoms with Crippen LogP contribution < -0.4 is 78.9 Å². The van der Waals surface area contributed by atoms with Gasteiger partial charge in [0.15, 0.2) is 0 Å². The Morgan fingerprint density at radius 3 is 1.48 bits per heavy atom. The maximum Gasteiger partial charge on any atom is 1.00 e. The van der Waals surface area contributed by atoms with Crippen molar-refractivity contribution in [3.63, 3.8) is 0 Å². The minimum absolute atomic E-state index is 0. The fourth-order valence-electron chi connectivity index (χ4n) is 6.98. The van der Waals surface area contributed by atoms with Crippen LogP contribution in [-0.4, -0.2) is 38.5 Å². The number of aromatic hydroxyl groups is 1. The van der Waals surface area contributed by atoms with Crippen molar-refractivity contribution >= 4 is 70.0 Å². The van der Waals surface area contributed by atoms with Gasteiger partial charge in [0.25, 0.3) is 16.6 Å². The van der Waals surface area contributed by atoms with Crippen molar-refractivity contribution in [3.8, 4) is 11.5 Å². The largest absolute Gasteiger partial charge is 1.00 e. The minimum atomic E-state index is -3.28. The van der Waals surface area contributed by atoms with Gasteiger partial charge in [0.1, 0.15) is 11.5 Å². The summed E-state index contributed by atoms with van der Waals surface area (Å²) in [4.78, 5) is 11.2. The predicted molar refractivity (Wildman–Crippen MR) is 219 cm³/mol. The number of hydrogen-bond acceptors (Lipinski definition) is 8. The second kappa shape index (κ2) is 23.1. The number of rotatable bonds is 5. The van der Waals surface area contributed by atoms with Gasteiger partial charge in [-0.2, -0.15) is 8.42 Å². The summed E-state index contributed by atoms with van der Waals surface area (Å²) >= 11 is 6.91. The molecule has 292 valence electrons. The molecular weight excluding hydrogens is 957 g/mol. The summed E-state index contributed by atoms with van der Waals surface area (Å²) in [6.45, 7) is 13.6. The van der Waals surface area contributed by atoms with Crippen molar-refractivity contribution < 1.29 is 106 Å². The normalized spacial score (nSPS) is 20.0. The first kappa shape index (κ1) is 49.5. The van der Waals surface area contributed by atoms with Crippen LogP contribution in [-0.2, 0) is 24.0 Å². The third kappa shape index (κ3) is 17.9. The van der Waals surface area contributed by atoms with Crippen LogP contribution >= 0.6 is 31.9 Å². The van der Waals surface area contributed by atoms with Crippen LogP contribution in [0.25, 0.3) is 21.5 Å². The molecule has 2 aliphatic carbocycles. The van der Waals surface area contributed by atoms with Gasteiger partial charge in [0.05, 0.1) is 18.5 Å². The number of carbonyl (C=O) groups is 1. The summed E-state index contributed by atoms with van der Waals surface area (Å²) in [5.74, 6) is 2.84. The molecular formula is C42H55Br2CsO8S. The Morgan fingerprint density at radius 2 is 1.06 bits per heavy atom. The van der Waals surface area contributed by atoms with Gasteiger partial charge in [-0.05, 0) is 144 Å². The number of carbonyl (C=O) groups excluding carboxylic acids is 1. The molecule has 0 aromatic heterocycles. The fraction of sp³-hybridized carbons (Fsp3) is 0.500. The Bertz CT molecular complexity index is 1820. The molecule has 0 aliphatic heterocycles. The van der Waals surface area contributed by atoms with Crippen molar-refractivity contribution in [2.75, 3.05) is 6.26 Å². The van der Waals surface area contributed by atoms with Crippen LogP contribution in [0.2, 0.25) is 0 Å². The van der Waals surface area contributed by atoms with E-state index in [-0.39, 0.29) is 81.5 Å². The van der Waals surface area contributed by atoms with Gasteiger partial charge in [-0.25, -0.2) is 0 Å². The molecule has 0 bridgehead atoms. The maximum atomic E-state index is 11.0. The van der Waals surface area contributed by atoms with E-state index in [1.807, 2.05) is 24.3 Å². The molecule has 0 spiro atoms. The molecule has 4 aromatic rings. The monoisotopic (exact) mass is 1010 g/mol. The average Bonchev–Trinajstić information content (AvgIpc) is 3.08. The molecule has 6 rings (SSSR count). The van der Waals surface area contributed by atoms with Crippen LogP contribution in [0.3, 0.4) is 0 Å². The molecule has 0 heterocycles. The molecule has 54 heavy (non-hydrogen) atoms. The third-order valence-electron chi connectivity index (χ3n) is 10.0. The number of phenolic OH excluding ortho intramolecular Hbond substituents is 1. The van der Waals surface area contributed by atoms with E-state index < -0.39 is 10.1 Å². The predicted octanol–water partition coefficient (Wildman–Crippen LogP) is 7.90. The second-order valence-corrected chi connectivity index (χ2v) is 19.6. The Morgan fingerprint density at radius 1 is 0.667 bits per heavy atom. The number of phenols is 1. The molecule has 0 atom stereocenters. The first-order chi connectivity index (χ1) is 24.8. The number of benzene rings is 4. The third-order valence-corrected chi connectivity index (χ3v) is 11.6. The van der Waals surface area contributed by atoms with E-state index >= 15 is 0 Å². The van der Waals surface area contributed by atoms with E-state index in [2.05, 4.69) is 115 Å². The van der Waals surface area contributed by atoms with E-state index in [9.17, 15) is 13.5 Å². The molecule has 2 saturated carbocycles. The Balaban J connectivity index is 0.000000276. The summed E-state index contributed by atoms with van der Waals surface area (Å²) < 4.78 is 35.3. The van der Waals surface area contributed by atoms with Crippen LogP contribution in [0.1, 0.15) is 92.9 Å². The first-order valence-corrected chi connectivity index (χ1v) is 21.5.